The molecular formula is C20H23N5O3S. The van der Waals surface area contributed by atoms with Gasteiger partial charge in [0.2, 0.25) is 0 Å². The number of amides is 2. The molecule has 9 heteroatoms. The molecule has 0 saturated heterocycles. The van der Waals surface area contributed by atoms with Crippen LogP contribution in [0.5, 0.6) is 0 Å². The van der Waals surface area contributed by atoms with Gasteiger partial charge < -0.3 is 10.1 Å². The second-order valence-electron chi connectivity index (χ2n) is 6.82. The number of aryl methyl sites for hydroxylation is 1. The Labute approximate surface area is 172 Å². The molecular weight excluding hydrogens is 390 g/mol. The highest BCUT2D eigenvalue weighted by Crippen LogP contribution is 2.30. The first-order chi connectivity index (χ1) is 13.8. The van der Waals surface area contributed by atoms with E-state index < -0.39 is 0 Å². The van der Waals surface area contributed by atoms with Crippen LogP contribution >= 0.6 is 11.3 Å². The summed E-state index contributed by atoms with van der Waals surface area (Å²) >= 11 is 1.20. The number of aromatic nitrogens is 3. The van der Waals surface area contributed by atoms with Crippen molar-refractivity contribution in [2.24, 2.45) is 0 Å². The summed E-state index contributed by atoms with van der Waals surface area (Å²) in [7, 11) is 1.57. The molecule has 2 amide bonds. The van der Waals surface area contributed by atoms with Crippen LogP contribution in [-0.4, -0.2) is 46.3 Å². The van der Waals surface area contributed by atoms with E-state index in [1.807, 2.05) is 26.0 Å². The lowest BCUT2D eigenvalue weighted by Gasteiger charge is -2.11. The van der Waals surface area contributed by atoms with E-state index in [0.29, 0.717) is 33.3 Å². The van der Waals surface area contributed by atoms with Gasteiger partial charge in [-0.25, -0.2) is 4.68 Å². The second-order valence-corrected chi connectivity index (χ2v) is 7.82. The van der Waals surface area contributed by atoms with Crippen molar-refractivity contribution in [3.63, 3.8) is 0 Å². The highest BCUT2D eigenvalue weighted by molar-refractivity contribution is 7.22. The Morgan fingerprint density at radius 1 is 1.28 bits per heavy atom. The van der Waals surface area contributed by atoms with Crippen LogP contribution in [-0.2, 0) is 4.74 Å². The van der Waals surface area contributed by atoms with Crippen LogP contribution in [0.2, 0.25) is 0 Å². The van der Waals surface area contributed by atoms with Crippen LogP contribution in [0.25, 0.3) is 16.0 Å². The first kappa shape index (κ1) is 20.7. The number of hydrogen-bond donors (Lipinski definition) is 2. The predicted octanol–water partition coefficient (Wildman–Crippen LogP) is 3.31. The zero-order valence-electron chi connectivity index (χ0n) is 16.8. The molecule has 1 unspecified atom stereocenters. The molecule has 8 nitrogen and oxygen atoms in total. The van der Waals surface area contributed by atoms with E-state index in [1.54, 1.807) is 26.2 Å². The predicted molar refractivity (Wildman–Crippen MR) is 114 cm³/mol. The van der Waals surface area contributed by atoms with Crippen molar-refractivity contribution >= 4 is 44.3 Å². The highest BCUT2D eigenvalue weighted by Gasteiger charge is 2.23. The maximum Gasteiger partial charge on any atom is 0.273 e. The number of thiazole rings is 1. The van der Waals surface area contributed by atoms with E-state index in [1.165, 1.54) is 16.0 Å². The molecule has 0 aliphatic carbocycles. The first-order valence-corrected chi connectivity index (χ1v) is 9.85. The van der Waals surface area contributed by atoms with Crippen LogP contribution in [0.1, 0.15) is 40.3 Å². The summed E-state index contributed by atoms with van der Waals surface area (Å²) in [5.41, 5.74) is 2.93. The molecule has 0 spiro atoms. The van der Waals surface area contributed by atoms with Gasteiger partial charge in [-0.15, -0.1) is 0 Å². The minimum absolute atomic E-state index is 0.175. The number of rotatable bonds is 7. The van der Waals surface area contributed by atoms with Crippen molar-refractivity contribution < 1.29 is 14.3 Å². The van der Waals surface area contributed by atoms with E-state index in [0.717, 1.165) is 5.56 Å². The van der Waals surface area contributed by atoms with Gasteiger partial charge in [0, 0.05) is 24.4 Å². The lowest BCUT2D eigenvalue weighted by atomic mass is 10.1. The topological polar surface area (TPSA) is 98.1 Å². The molecule has 0 radical (unpaired) electrons. The van der Waals surface area contributed by atoms with Gasteiger partial charge in [0.15, 0.2) is 16.5 Å². The van der Waals surface area contributed by atoms with Gasteiger partial charge in [-0.05, 0) is 32.9 Å². The Balaban J connectivity index is 1.91. The lowest BCUT2D eigenvalue weighted by Crippen LogP contribution is -2.35. The number of hydrogen-bond acceptors (Lipinski definition) is 6. The zero-order chi connectivity index (χ0) is 21.1. The van der Waals surface area contributed by atoms with Crippen LogP contribution in [0.15, 0.2) is 30.8 Å². The van der Waals surface area contributed by atoms with E-state index in [4.69, 9.17) is 4.74 Å². The third-order valence-corrected chi connectivity index (χ3v) is 5.10. The van der Waals surface area contributed by atoms with Gasteiger partial charge in [0.25, 0.3) is 11.8 Å². The number of fused-ring (bicyclic) bond motifs is 1. The summed E-state index contributed by atoms with van der Waals surface area (Å²) in [6.07, 6.45) is 0. The molecule has 0 aliphatic rings. The summed E-state index contributed by atoms with van der Waals surface area (Å²) in [5.74, 6) is -0.601. The fourth-order valence-electron chi connectivity index (χ4n) is 2.73. The Morgan fingerprint density at radius 3 is 2.59 bits per heavy atom. The number of methoxy groups -OCH3 is 1. The van der Waals surface area contributed by atoms with Crippen molar-refractivity contribution in [1.82, 2.24) is 20.1 Å². The number of allylic oxidation sites excluding steroid dienone is 1. The minimum Gasteiger partial charge on any atom is -0.383 e. The van der Waals surface area contributed by atoms with E-state index >= 15 is 0 Å². The normalized spacial score (nSPS) is 12.0. The van der Waals surface area contributed by atoms with Gasteiger partial charge in [-0.1, -0.05) is 35.6 Å². The van der Waals surface area contributed by atoms with Gasteiger partial charge in [-0.2, -0.15) is 10.1 Å². The molecule has 3 aromatic rings. The summed E-state index contributed by atoms with van der Waals surface area (Å²) in [4.78, 5) is 29.6. The van der Waals surface area contributed by atoms with Crippen LogP contribution in [0, 0.1) is 6.92 Å². The molecule has 1 atom stereocenters. The Kier molecular flexibility index (Phi) is 6.09. The summed E-state index contributed by atoms with van der Waals surface area (Å²) < 4.78 is 7.14. The summed E-state index contributed by atoms with van der Waals surface area (Å²) in [6, 6.07) is 7.07. The maximum atomic E-state index is 12.7. The maximum absolute atomic E-state index is 12.7. The third-order valence-electron chi connectivity index (χ3n) is 4.13. The number of carbonyl (C=O) groups is 2. The molecule has 3 rings (SSSR count). The van der Waals surface area contributed by atoms with Crippen molar-refractivity contribution in [2.45, 2.75) is 26.8 Å². The number of carbonyl (C=O) groups excluding carboxylic acids is 2. The molecule has 0 aliphatic heterocycles. The van der Waals surface area contributed by atoms with Crippen molar-refractivity contribution in [3.05, 3.63) is 47.7 Å². The van der Waals surface area contributed by atoms with Crippen LogP contribution < -0.4 is 10.6 Å². The molecule has 0 saturated carbocycles. The van der Waals surface area contributed by atoms with Gasteiger partial charge >= 0.3 is 0 Å². The number of benzene rings is 1. The average molecular weight is 414 g/mol. The van der Waals surface area contributed by atoms with Crippen molar-refractivity contribution in [1.29, 1.82) is 0 Å². The monoisotopic (exact) mass is 413 g/mol. The molecule has 29 heavy (non-hydrogen) atoms. The third kappa shape index (κ3) is 4.52. The fraction of sp³-hybridized carbons (Fsp3) is 0.300. The lowest BCUT2D eigenvalue weighted by molar-refractivity contribution is 0.0901. The number of anilines is 1. The zero-order valence-corrected chi connectivity index (χ0v) is 17.6. The molecule has 0 fully saturated rings. The standard InChI is InChI=1S/C20H23N5O3S/c1-11(2)25-17-16(15(24-25)19(27)21-13(4)10-28-5)29-20(22-17)23-18(26)14-8-6-12(3)7-9-14/h6-9,13H,1,10H2,2-5H3,(H,21,27)(H,22,23,26). The van der Waals surface area contributed by atoms with Crippen LogP contribution in [0.3, 0.4) is 0 Å². The quantitative estimate of drug-likeness (QED) is 0.619. The van der Waals surface area contributed by atoms with E-state index in [2.05, 4.69) is 27.3 Å². The fourth-order valence-corrected chi connectivity index (χ4v) is 3.65. The van der Waals surface area contributed by atoms with Crippen molar-refractivity contribution in [3.8, 4) is 0 Å². The average Bonchev–Trinajstić information content (AvgIpc) is 3.20. The second kappa shape index (κ2) is 8.54. The highest BCUT2D eigenvalue weighted by atomic mass is 32.1. The molecule has 2 aromatic heterocycles. The van der Waals surface area contributed by atoms with Gasteiger partial charge in [-0.3, -0.25) is 14.9 Å². The van der Waals surface area contributed by atoms with E-state index in [9.17, 15) is 9.59 Å². The number of nitrogens with zero attached hydrogens (tertiary/aromatic N) is 3. The Morgan fingerprint density at radius 2 is 1.97 bits per heavy atom. The minimum atomic E-state index is -0.334. The van der Waals surface area contributed by atoms with Crippen LogP contribution in [0.4, 0.5) is 5.13 Å². The first-order valence-electron chi connectivity index (χ1n) is 9.03. The number of nitrogens with one attached hydrogen (secondary N) is 2. The molecule has 152 valence electrons. The van der Waals surface area contributed by atoms with Crippen molar-refractivity contribution in [2.75, 3.05) is 19.0 Å². The smallest absolute Gasteiger partial charge is 0.273 e. The molecule has 2 heterocycles. The molecule has 1 aromatic carbocycles. The Hall–Kier alpha value is -3.04. The Bertz CT molecular complexity index is 1070. The van der Waals surface area contributed by atoms with Gasteiger partial charge in [0.1, 0.15) is 4.70 Å². The SMILES string of the molecule is C=C(C)n1nc(C(=O)NC(C)COC)c2sc(NC(=O)c3ccc(C)cc3)nc21. The van der Waals surface area contributed by atoms with E-state index in [-0.39, 0.29) is 23.6 Å². The molecule has 2 N–H and O–H groups in total. The summed E-state index contributed by atoms with van der Waals surface area (Å²) in [5, 5.41) is 10.4. The number of ether oxygens (including phenoxy) is 1. The van der Waals surface area contributed by atoms with Gasteiger partial charge in [0.05, 0.1) is 6.61 Å². The summed E-state index contributed by atoms with van der Waals surface area (Å²) in [6.45, 7) is 9.84. The largest absolute Gasteiger partial charge is 0.383 e. The molecule has 0 bridgehead atoms.